The van der Waals surface area contributed by atoms with Crippen molar-refractivity contribution in [2.24, 2.45) is 0 Å². The van der Waals surface area contributed by atoms with Crippen molar-refractivity contribution in [3.05, 3.63) is 217 Å². The van der Waals surface area contributed by atoms with Gasteiger partial charge in [-0.15, -0.1) is 0 Å². The Bertz CT molecular complexity index is 3140. The molecule has 0 saturated heterocycles. The lowest BCUT2D eigenvalue weighted by Crippen LogP contribution is -2.16. The van der Waals surface area contributed by atoms with E-state index in [-0.39, 0.29) is 5.41 Å². The average Bonchev–Trinajstić information content (AvgIpc) is 3.72. The highest BCUT2D eigenvalue weighted by Gasteiger charge is 2.35. The summed E-state index contributed by atoms with van der Waals surface area (Å²) in [5, 5.41) is 4.94. The molecule has 2 nitrogen and oxygen atoms in total. The van der Waals surface area contributed by atoms with E-state index in [1.807, 2.05) is 0 Å². The van der Waals surface area contributed by atoms with Crippen molar-refractivity contribution in [2.75, 3.05) is 4.90 Å². The number of aromatic nitrogens is 1. The Morgan fingerprint density at radius 2 is 1.00 bits per heavy atom. The van der Waals surface area contributed by atoms with Crippen LogP contribution in [0.4, 0.5) is 17.1 Å². The molecule has 0 bridgehead atoms. The van der Waals surface area contributed by atoms with Crippen molar-refractivity contribution in [3.8, 4) is 39.1 Å². The molecule has 0 fully saturated rings. The van der Waals surface area contributed by atoms with Crippen LogP contribution in [-0.2, 0) is 5.41 Å². The zero-order chi connectivity index (χ0) is 38.1. The van der Waals surface area contributed by atoms with Gasteiger partial charge in [0.2, 0.25) is 0 Å². The number of benzene rings is 9. The molecule has 57 heavy (non-hydrogen) atoms. The van der Waals surface area contributed by atoms with Crippen LogP contribution in [0.5, 0.6) is 0 Å². The van der Waals surface area contributed by atoms with Gasteiger partial charge in [0.05, 0.1) is 16.7 Å². The summed E-state index contributed by atoms with van der Waals surface area (Å²) in [4.78, 5) is 2.45. The summed E-state index contributed by atoms with van der Waals surface area (Å²) in [7, 11) is 0. The third-order valence-corrected chi connectivity index (χ3v) is 12.2. The minimum atomic E-state index is -0.107. The average molecular weight is 729 g/mol. The van der Waals surface area contributed by atoms with Crippen molar-refractivity contribution < 1.29 is 0 Å². The number of anilines is 3. The smallest absolute Gasteiger partial charge is 0.0547 e. The monoisotopic (exact) mass is 728 g/mol. The van der Waals surface area contributed by atoms with Gasteiger partial charge < -0.3 is 9.47 Å². The quantitative estimate of drug-likeness (QED) is 0.165. The number of fused-ring (bicyclic) bond motifs is 7. The number of hydrogen-bond acceptors (Lipinski definition) is 1. The number of hydrogen-bond donors (Lipinski definition) is 0. The van der Waals surface area contributed by atoms with Crippen molar-refractivity contribution >= 4 is 49.6 Å². The molecule has 2 heteroatoms. The van der Waals surface area contributed by atoms with Crippen LogP contribution in [0.3, 0.4) is 0 Å². The summed E-state index contributed by atoms with van der Waals surface area (Å²) in [6.45, 7) is 4.72. The van der Waals surface area contributed by atoms with Crippen LogP contribution in [0.15, 0.2) is 206 Å². The highest BCUT2D eigenvalue weighted by Crippen LogP contribution is 2.51. The number of rotatable bonds is 6. The zero-order valence-electron chi connectivity index (χ0n) is 32.0. The molecule has 0 aliphatic heterocycles. The first kappa shape index (κ1) is 33.2. The minimum absolute atomic E-state index is 0.107. The Balaban J connectivity index is 1.07. The van der Waals surface area contributed by atoms with Gasteiger partial charge in [0.25, 0.3) is 0 Å². The highest BCUT2D eigenvalue weighted by atomic mass is 15.1. The first-order valence-electron chi connectivity index (χ1n) is 19.8. The molecule has 0 saturated carbocycles. The first-order valence-corrected chi connectivity index (χ1v) is 19.8. The summed E-state index contributed by atoms with van der Waals surface area (Å²) in [5.74, 6) is 0. The Labute approximate surface area is 333 Å². The Hall–Kier alpha value is -7.16. The van der Waals surface area contributed by atoms with Crippen LogP contribution in [0.1, 0.15) is 25.0 Å². The van der Waals surface area contributed by atoms with E-state index in [4.69, 9.17) is 0 Å². The Morgan fingerprint density at radius 1 is 0.386 bits per heavy atom. The van der Waals surface area contributed by atoms with E-state index in [1.165, 1.54) is 77.1 Å². The molecule has 9 aromatic carbocycles. The van der Waals surface area contributed by atoms with Crippen LogP contribution < -0.4 is 4.90 Å². The van der Waals surface area contributed by atoms with Crippen molar-refractivity contribution in [2.45, 2.75) is 19.3 Å². The molecule has 0 radical (unpaired) electrons. The van der Waals surface area contributed by atoms with E-state index in [1.54, 1.807) is 0 Å². The van der Waals surface area contributed by atoms with Gasteiger partial charge >= 0.3 is 0 Å². The molecule has 1 aromatic heterocycles. The summed E-state index contributed by atoms with van der Waals surface area (Å²) in [6, 6.07) is 75.7. The predicted octanol–water partition coefficient (Wildman–Crippen LogP) is 15.0. The van der Waals surface area contributed by atoms with Crippen LogP contribution in [0.2, 0.25) is 0 Å². The molecule has 1 heterocycles. The van der Waals surface area contributed by atoms with Crippen molar-refractivity contribution in [1.29, 1.82) is 0 Å². The van der Waals surface area contributed by atoms with Gasteiger partial charge in [0.1, 0.15) is 0 Å². The normalized spacial score (nSPS) is 12.9. The number of para-hydroxylation sites is 1. The van der Waals surface area contributed by atoms with Gasteiger partial charge in [0, 0.05) is 38.6 Å². The molecule has 0 unspecified atom stereocenters. The minimum Gasteiger partial charge on any atom is -0.310 e. The first-order chi connectivity index (χ1) is 28.0. The molecule has 0 atom stereocenters. The maximum atomic E-state index is 2.45. The molecule has 0 amide bonds. The fourth-order valence-electron chi connectivity index (χ4n) is 9.35. The molecule has 0 spiro atoms. The summed E-state index contributed by atoms with van der Waals surface area (Å²) in [5.41, 5.74) is 17.1. The lowest BCUT2D eigenvalue weighted by Gasteiger charge is -2.29. The second-order valence-corrected chi connectivity index (χ2v) is 15.8. The largest absolute Gasteiger partial charge is 0.310 e. The lowest BCUT2D eigenvalue weighted by atomic mass is 9.82. The fourth-order valence-corrected chi connectivity index (χ4v) is 9.35. The third-order valence-electron chi connectivity index (χ3n) is 12.2. The van der Waals surface area contributed by atoms with Gasteiger partial charge in [0.15, 0.2) is 0 Å². The highest BCUT2D eigenvalue weighted by molar-refractivity contribution is 6.10. The maximum Gasteiger partial charge on any atom is 0.0547 e. The Kier molecular flexibility index (Phi) is 7.55. The topological polar surface area (TPSA) is 8.17 Å². The van der Waals surface area contributed by atoms with E-state index in [0.29, 0.717) is 0 Å². The summed E-state index contributed by atoms with van der Waals surface area (Å²) < 4.78 is 2.42. The van der Waals surface area contributed by atoms with Crippen LogP contribution in [0, 0.1) is 0 Å². The van der Waals surface area contributed by atoms with Crippen LogP contribution in [0.25, 0.3) is 71.6 Å². The second-order valence-electron chi connectivity index (χ2n) is 15.8. The Morgan fingerprint density at radius 3 is 1.88 bits per heavy atom. The zero-order valence-corrected chi connectivity index (χ0v) is 32.0. The molecular weight excluding hydrogens is 689 g/mol. The molecule has 1 aliphatic carbocycles. The predicted molar refractivity (Wildman–Crippen MR) is 241 cm³/mol. The standard InChI is InChI=1S/C55H40N2/c1-55(2)50-23-10-8-21-46(50)47-33-31-44(36-51(47)55)56(52-25-13-17-39-16-6-7-20-45(39)52)43-19-12-18-40(34-43)41-28-32-49-48-22-9-11-24-53(48)57(54(49)35-41)42-29-26-38(27-30-42)37-14-4-3-5-15-37/h3-36H,1-2H3. The molecular formula is C55H40N2. The van der Waals surface area contributed by atoms with Gasteiger partial charge in [-0.1, -0.05) is 166 Å². The van der Waals surface area contributed by atoms with E-state index < -0.39 is 0 Å². The molecule has 270 valence electrons. The molecule has 0 N–H and O–H groups in total. The van der Waals surface area contributed by atoms with Gasteiger partial charge in [-0.2, -0.15) is 0 Å². The van der Waals surface area contributed by atoms with Gasteiger partial charge in [-0.05, 0) is 104 Å². The SMILES string of the molecule is CC1(C)c2ccccc2-c2ccc(N(c3cccc(-c4ccc5c6ccccc6n(-c6ccc(-c7ccccc7)cc6)c5c4)c3)c3cccc4ccccc34)cc21. The van der Waals surface area contributed by atoms with Gasteiger partial charge in [-0.3, -0.25) is 0 Å². The van der Waals surface area contributed by atoms with Crippen molar-refractivity contribution in [1.82, 2.24) is 4.57 Å². The second kappa shape index (κ2) is 13.0. The summed E-state index contributed by atoms with van der Waals surface area (Å²) in [6.07, 6.45) is 0. The van der Waals surface area contributed by atoms with Gasteiger partial charge in [-0.25, -0.2) is 0 Å². The lowest BCUT2D eigenvalue weighted by molar-refractivity contribution is 0.660. The number of nitrogens with zero attached hydrogens (tertiary/aromatic N) is 2. The summed E-state index contributed by atoms with van der Waals surface area (Å²) >= 11 is 0. The third kappa shape index (κ3) is 5.33. The van der Waals surface area contributed by atoms with Crippen molar-refractivity contribution in [3.63, 3.8) is 0 Å². The van der Waals surface area contributed by atoms with E-state index in [0.717, 1.165) is 22.7 Å². The van der Waals surface area contributed by atoms with Crippen LogP contribution in [-0.4, -0.2) is 4.57 Å². The van der Waals surface area contributed by atoms with E-state index in [9.17, 15) is 0 Å². The van der Waals surface area contributed by atoms with E-state index in [2.05, 4.69) is 230 Å². The molecule has 1 aliphatic rings. The molecule has 11 rings (SSSR count). The van der Waals surface area contributed by atoms with Crippen LogP contribution >= 0.6 is 0 Å². The van der Waals surface area contributed by atoms with E-state index >= 15 is 0 Å². The maximum absolute atomic E-state index is 2.45. The molecule has 10 aromatic rings. The fraction of sp³-hybridized carbons (Fsp3) is 0.0545.